The van der Waals surface area contributed by atoms with E-state index in [0.717, 1.165) is 44.8 Å². The SMILES string of the molecule is C[C@@]1(c2cc(N=C(c3ccccc3)c3ccccc3)ccc2F)CO[C@H](Cc2ccccc2)C(=O)N1.C[C@]1(c2cc(N=C(c3ccccc3)c3ccccc3)ccc2F)CO[C@H](Cc2ccccc2)C(=O)N1. The number of ether oxygens (including phenoxy) is 2. The number of morpholine rings is 2. The number of hydrogen-bond acceptors (Lipinski definition) is 6. The van der Waals surface area contributed by atoms with Gasteiger partial charge in [0.05, 0.1) is 47.1 Å². The topological polar surface area (TPSA) is 101 Å². The minimum absolute atomic E-state index is 0.157. The van der Waals surface area contributed by atoms with Gasteiger partial charge in [-0.2, -0.15) is 0 Å². The lowest BCUT2D eigenvalue weighted by atomic mass is 9.89. The molecule has 0 bridgehead atoms. The minimum atomic E-state index is -1.01. The maximum Gasteiger partial charge on any atom is 0.250 e. The van der Waals surface area contributed by atoms with Crippen LogP contribution in [0.15, 0.2) is 228 Å². The molecule has 4 atom stereocenters. The van der Waals surface area contributed by atoms with Gasteiger partial charge < -0.3 is 20.1 Å². The van der Waals surface area contributed by atoms with Crippen LogP contribution in [0, 0.1) is 11.6 Å². The van der Waals surface area contributed by atoms with Gasteiger partial charge in [-0.3, -0.25) is 9.59 Å². The molecule has 0 aliphatic carbocycles. The van der Waals surface area contributed by atoms with E-state index in [1.54, 1.807) is 38.1 Å². The quantitative estimate of drug-likeness (QED) is 0.119. The Morgan fingerprint density at radius 2 is 0.750 bits per heavy atom. The highest BCUT2D eigenvalue weighted by Gasteiger charge is 2.41. The molecule has 8 aromatic carbocycles. The average Bonchev–Trinajstić information content (AvgIpc) is 3.41. The molecule has 72 heavy (non-hydrogen) atoms. The molecule has 2 fully saturated rings. The van der Waals surface area contributed by atoms with Gasteiger partial charge in [0.1, 0.15) is 23.8 Å². The average molecular weight is 957 g/mol. The fraction of sp³-hybridized carbons (Fsp3) is 0.161. The van der Waals surface area contributed by atoms with Crippen molar-refractivity contribution in [2.24, 2.45) is 9.98 Å². The Balaban J connectivity index is 0.000000178. The van der Waals surface area contributed by atoms with Crippen molar-refractivity contribution in [1.29, 1.82) is 0 Å². The molecule has 10 rings (SSSR count). The zero-order valence-corrected chi connectivity index (χ0v) is 40.1. The van der Waals surface area contributed by atoms with Crippen molar-refractivity contribution < 1.29 is 27.8 Å². The van der Waals surface area contributed by atoms with Crippen molar-refractivity contribution >= 4 is 34.6 Å². The summed E-state index contributed by atoms with van der Waals surface area (Å²) in [5, 5.41) is 6.02. The van der Waals surface area contributed by atoms with E-state index in [4.69, 9.17) is 19.5 Å². The summed E-state index contributed by atoms with van der Waals surface area (Å²) >= 11 is 0. The molecule has 0 radical (unpaired) electrons. The molecule has 360 valence electrons. The van der Waals surface area contributed by atoms with Gasteiger partial charge in [-0.25, -0.2) is 18.8 Å². The maximum atomic E-state index is 15.1. The van der Waals surface area contributed by atoms with Gasteiger partial charge in [0, 0.05) is 46.2 Å². The zero-order valence-electron chi connectivity index (χ0n) is 40.1. The Kier molecular flexibility index (Phi) is 15.1. The number of rotatable bonds is 12. The fourth-order valence-corrected chi connectivity index (χ4v) is 8.96. The number of nitrogens with zero attached hydrogens (tertiary/aromatic N) is 2. The van der Waals surface area contributed by atoms with E-state index in [2.05, 4.69) is 10.6 Å². The Bertz CT molecular complexity index is 2880. The van der Waals surface area contributed by atoms with Gasteiger partial charge in [0.15, 0.2) is 0 Å². The van der Waals surface area contributed by atoms with Crippen molar-refractivity contribution in [3.63, 3.8) is 0 Å². The van der Waals surface area contributed by atoms with Crippen LogP contribution in [0.2, 0.25) is 0 Å². The van der Waals surface area contributed by atoms with Crippen LogP contribution >= 0.6 is 0 Å². The van der Waals surface area contributed by atoms with E-state index < -0.39 is 34.9 Å². The molecule has 2 saturated heterocycles. The molecular formula is C62H54F2N4O4. The van der Waals surface area contributed by atoms with Gasteiger partial charge in [-0.05, 0) is 61.4 Å². The van der Waals surface area contributed by atoms with E-state index >= 15 is 8.78 Å². The lowest BCUT2D eigenvalue weighted by molar-refractivity contribution is -0.146. The Hall–Kier alpha value is -8.18. The summed E-state index contributed by atoms with van der Waals surface area (Å²) in [6.45, 7) is 3.88. The van der Waals surface area contributed by atoms with E-state index in [-0.39, 0.29) is 25.0 Å². The summed E-state index contributed by atoms with van der Waals surface area (Å²) < 4.78 is 42.1. The van der Waals surface area contributed by atoms with Crippen LogP contribution in [0.25, 0.3) is 0 Å². The zero-order chi connectivity index (χ0) is 49.9. The van der Waals surface area contributed by atoms with Gasteiger partial charge in [-0.1, -0.05) is 182 Å². The standard InChI is InChI=1S/2C31H27FN2O2/c2*1-31(21-36-28(30(35)34-31)19-22-11-5-2-6-12-22)26-20-25(17-18-27(26)32)33-29(23-13-7-3-8-14-23)24-15-9-4-10-16-24/h2*2-18,20,28H,19,21H2,1H3,(H,34,35)/t28-,31+;28-,31-/m11/s1. The molecule has 0 spiro atoms. The third kappa shape index (κ3) is 11.7. The Morgan fingerprint density at radius 3 is 1.04 bits per heavy atom. The van der Waals surface area contributed by atoms with E-state index in [1.807, 2.05) is 182 Å². The van der Waals surface area contributed by atoms with Crippen LogP contribution in [-0.4, -0.2) is 48.7 Å². The molecule has 2 heterocycles. The molecule has 2 aliphatic rings. The molecule has 8 nitrogen and oxygen atoms in total. The van der Waals surface area contributed by atoms with Crippen molar-refractivity contribution in [2.45, 2.75) is 50.0 Å². The van der Waals surface area contributed by atoms with Crippen LogP contribution < -0.4 is 10.6 Å². The van der Waals surface area contributed by atoms with Crippen molar-refractivity contribution in [1.82, 2.24) is 10.6 Å². The predicted octanol–water partition coefficient (Wildman–Crippen LogP) is 11.9. The summed E-state index contributed by atoms with van der Waals surface area (Å²) in [6.07, 6.45) is -0.305. The van der Waals surface area contributed by atoms with Gasteiger partial charge in [0.2, 0.25) is 11.8 Å². The maximum absolute atomic E-state index is 15.1. The number of carbonyl (C=O) groups excluding carboxylic acids is 2. The van der Waals surface area contributed by atoms with E-state index in [1.165, 1.54) is 12.1 Å². The Morgan fingerprint density at radius 1 is 0.458 bits per heavy atom. The van der Waals surface area contributed by atoms with Crippen molar-refractivity contribution in [2.75, 3.05) is 13.2 Å². The summed E-state index contributed by atoms with van der Waals surface area (Å²) in [6, 6.07) is 68.5. The molecule has 0 unspecified atom stereocenters. The van der Waals surface area contributed by atoms with Gasteiger partial charge in [-0.15, -0.1) is 0 Å². The van der Waals surface area contributed by atoms with Crippen LogP contribution in [0.3, 0.4) is 0 Å². The van der Waals surface area contributed by atoms with E-state index in [9.17, 15) is 9.59 Å². The molecule has 2 N–H and O–H groups in total. The summed E-state index contributed by atoms with van der Waals surface area (Å²) in [5.74, 6) is -1.34. The third-order valence-corrected chi connectivity index (χ3v) is 12.8. The van der Waals surface area contributed by atoms with Crippen molar-refractivity contribution in [3.8, 4) is 0 Å². The summed E-state index contributed by atoms with van der Waals surface area (Å²) in [4.78, 5) is 35.7. The number of carbonyl (C=O) groups is 2. The van der Waals surface area contributed by atoms with Crippen molar-refractivity contribution in [3.05, 3.63) is 275 Å². The normalized spacial score (nSPS) is 19.4. The van der Waals surface area contributed by atoms with Crippen LogP contribution in [0.4, 0.5) is 20.2 Å². The van der Waals surface area contributed by atoms with Crippen LogP contribution in [-0.2, 0) is 43.0 Å². The highest BCUT2D eigenvalue weighted by molar-refractivity contribution is 6.14. The number of nitrogens with one attached hydrogen (secondary N) is 2. The first-order valence-electron chi connectivity index (χ1n) is 24.0. The number of halogens is 2. The third-order valence-electron chi connectivity index (χ3n) is 12.8. The summed E-state index contributed by atoms with van der Waals surface area (Å²) in [7, 11) is 0. The highest BCUT2D eigenvalue weighted by Crippen LogP contribution is 2.34. The second-order valence-electron chi connectivity index (χ2n) is 18.3. The lowest BCUT2D eigenvalue weighted by Crippen LogP contribution is -2.57. The smallest absolute Gasteiger partial charge is 0.250 e. The molecule has 0 aromatic heterocycles. The fourth-order valence-electron chi connectivity index (χ4n) is 8.96. The Labute approximate surface area is 419 Å². The molecule has 0 saturated carbocycles. The number of amides is 2. The molecule has 2 amide bonds. The number of benzene rings is 8. The molecule has 2 aliphatic heterocycles. The number of aliphatic imine (C=N–C) groups is 2. The molecular weight excluding hydrogens is 903 g/mol. The minimum Gasteiger partial charge on any atom is -0.365 e. The highest BCUT2D eigenvalue weighted by atomic mass is 19.1. The second-order valence-corrected chi connectivity index (χ2v) is 18.3. The lowest BCUT2D eigenvalue weighted by Gasteiger charge is -2.38. The monoisotopic (exact) mass is 956 g/mol. The van der Waals surface area contributed by atoms with Gasteiger partial charge in [0.25, 0.3) is 0 Å². The molecule has 10 heteroatoms. The summed E-state index contributed by atoms with van der Waals surface area (Å²) in [5.41, 5.74) is 7.26. The predicted molar refractivity (Wildman–Crippen MR) is 280 cm³/mol. The van der Waals surface area contributed by atoms with Gasteiger partial charge >= 0.3 is 0 Å². The number of hydrogen-bond donors (Lipinski definition) is 2. The van der Waals surface area contributed by atoms with Crippen LogP contribution in [0.1, 0.15) is 58.4 Å². The molecule has 8 aromatic rings. The van der Waals surface area contributed by atoms with E-state index in [0.29, 0.717) is 35.3 Å². The first-order chi connectivity index (χ1) is 35.0. The second kappa shape index (κ2) is 22.3. The first kappa shape index (κ1) is 48.8. The van der Waals surface area contributed by atoms with Crippen LogP contribution in [0.5, 0.6) is 0 Å². The first-order valence-corrected chi connectivity index (χ1v) is 24.0. The largest absolute Gasteiger partial charge is 0.365 e.